The van der Waals surface area contributed by atoms with Crippen molar-refractivity contribution in [2.45, 2.75) is 25.3 Å². The van der Waals surface area contributed by atoms with E-state index in [1.54, 1.807) is 17.2 Å². The standard InChI is InChI=1S/C16H17N3O3S/c20-15(13-5-4-12(23-13)11-6-7-17-18-11)19-8-9-2-1-3-10(9)14(19)16(21)22/h4-7,9-10,14H,1-3,8H2,(H,17,18)(H,21,22). The first-order valence-corrected chi connectivity index (χ1v) is 8.60. The minimum absolute atomic E-state index is 0.114. The molecule has 1 saturated carbocycles. The molecule has 0 radical (unpaired) electrons. The zero-order chi connectivity index (χ0) is 16.0. The zero-order valence-electron chi connectivity index (χ0n) is 12.4. The maximum atomic E-state index is 12.8. The van der Waals surface area contributed by atoms with Crippen molar-refractivity contribution in [1.82, 2.24) is 15.1 Å². The smallest absolute Gasteiger partial charge is 0.326 e. The van der Waals surface area contributed by atoms with Gasteiger partial charge in [-0.3, -0.25) is 9.89 Å². The van der Waals surface area contributed by atoms with E-state index in [0.29, 0.717) is 17.3 Å². The fourth-order valence-corrected chi connectivity index (χ4v) is 4.90. The van der Waals surface area contributed by atoms with Crippen molar-refractivity contribution in [2.24, 2.45) is 11.8 Å². The minimum atomic E-state index is -0.877. The van der Waals surface area contributed by atoms with E-state index in [4.69, 9.17) is 0 Å². The highest BCUT2D eigenvalue weighted by Gasteiger charge is 2.49. The lowest BCUT2D eigenvalue weighted by molar-refractivity contribution is -0.142. The summed E-state index contributed by atoms with van der Waals surface area (Å²) in [6.07, 6.45) is 4.68. The molecule has 2 N–H and O–H groups in total. The monoisotopic (exact) mass is 331 g/mol. The van der Waals surface area contributed by atoms with Crippen LogP contribution in [-0.2, 0) is 4.79 Å². The van der Waals surface area contributed by atoms with Crippen LogP contribution in [0, 0.1) is 11.8 Å². The first-order chi connectivity index (χ1) is 11.1. The second kappa shape index (κ2) is 5.49. The number of carboxylic acid groups (broad SMARTS) is 1. The maximum Gasteiger partial charge on any atom is 0.326 e. The zero-order valence-corrected chi connectivity index (χ0v) is 13.3. The molecule has 7 heteroatoms. The molecule has 1 aliphatic carbocycles. The van der Waals surface area contributed by atoms with Crippen LogP contribution in [0.15, 0.2) is 24.4 Å². The molecule has 2 aliphatic rings. The molecule has 2 aromatic heterocycles. The molecule has 3 atom stereocenters. The van der Waals surface area contributed by atoms with E-state index in [1.807, 2.05) is 12.1 Å². The second-order valence-corrected chi connectivity index (χ2v) is 7.31. The van der Waals surface area contributed by atoms with Crippen molar-refractivity contribution in [3.63, 3.8) is 0 Å². The van der Waals surface area contributed by atoms with E-state index >= 15 is 0 Å². The first kappa shape index (κ1) is 14.4. The van der Waals surface area contributed by atoms with Crippen LogP contribution in [0.5, 0.6) is 0 Å². The molecule has 1 amide bonds. The average Bonchev–Trinajstić information content (AvgIpc) is 3.26. The number of hydrogen-bond acceptors (Lipinski definition) is 4. The maximum absolute atomic E-state index is 12.8. The Morgan fingerprint density at radius 1 is 1.30 bits per heavy atom. The number of nitrogens with one attached hydrogen (secondary N) is 1. The van der Waals surface area contributed by atoms with Gasteiger partial charge in [0.15, 0.2) is 0 Å². The largest absolute Gasteiger partial charge is 0.480 e. The van der Waals surface area contributed by atoms with E-state index in [2.05, 4.69) is 10.2 Å². The predicted octanol–water partition coefficient (Wildman–Crippen LogP) is 2.46. The van der Waals surface area contributed by atoms with Crippen molar-refractivity contribution in [3.05, 3.63) is 29.3 Å². The molecule has 0 aromatic carbocycles. The third-order valence-corrected chi connectivity index (χ3v) is 6.09. The highest BCUT2D eigenvalue weighted by molar-refractivity contribution is 7.17. The van der Waals surface area contributed by atoms with Gasteiger partial charge in [-0.1, -0.05) is 6.42 Å². The molecule has 1 aliphatic heterocycles. The molecular weight excluding hydrogens is 314 g/mol. The van der Waals surface area contributed by atoms with Crippen molar-refractivity contribution in [3.8, 4) is 10.6 Å². The number of aromatic amines is 1. The van der Waals surface area contributed by atoms with E-state index in [-0.39, 0.29) is 11.8 Å². The van der Waals surface area contributed by atoms with Crippen molar-refractivity contribution in [2.75, 3.05) is 6.54 Å². The van der Waals surface area contributed by atoms with Crippen LogP contribution < -0.4 is 0 Å². The number of thiophene rings is 1. The number of rotatable bonds is 3. The van der Waals surface area contributed by atoms with Gasteiger partial charge in [0, 0.05) is 12.7 Å². The third kappa shape index (κ3) is 2.35. The van der Waals surface area contributed by atoms with Gasteiger partial charge in [0.25, 0.3) is 5.91 Å². The van der Waals surface area contributed by atoms with Gasteiger partial charge < -0.3 is 10.0 Å². The summed E-state index contributed by atoms with van der Waals surface area (Å²) in [6.45, 7) is 0.567. The molecule has 2 fully saturated rings. The van der Waals surface area contributed by atoms with Gasteiger partial charge in [0.2, 0.25) is 0 Å². The van der Waals surface area contributed by atoms with Crippen molar-refractivity contribution >= 4 is 23.2 Å². The number of aliphatic carboxylic acids is 1. The van der Waals surface area contributed by atoms with E-state index in [0.717, 1.165) is 29.8 Å². The Labute approximate surface area is 137 Å². The molecular formula is C16H17N3O3S. The number of carbonyl (C=O) groups is 2. The predicted molar refractivity (Wildman–Crippen MR) is 85.2 cm³/mol. The lowest BCUT2D eigenvalue weighted by Crippen LogP contribution is -2.43. The summed E-state index contributed by atoms with van der Waals surface area (Å²) in [7, 11) is 0. The Kier molecular flexibility index (Phi) is 3.45. The van der Waals surface area contributed by atoms with Gasteiger partial charge in [0.05, 0.1) is 15.4 Å². The Balaban J connectivity index is 1.60. The van der Waals surface area contributed by atoms with Gasteiger partial charge in [-0.25, -0.2) is 4.79 Å². The Morgan fingerprint density at radius 3 is 2.91 bits per heavy atom. The van der Waals surface area contributed by atoms with E-state index < -0.39 is 12.0 Å². The average molecular weight is 331 g/mol. The highest BCUT2D eigenvalue weighted by atomic mass is 32.1. The molecule has 0 spiro atoms. The number of fused-ring (bicyclic) bond motifs is 1. The summed E-state index contributed by atoms with van der Waals surface area (Å²) < 4.78 is 0. The van der Waals surface area contributed by atoms with Crippen LogP contribution in [0.1, 0.15) is 28.9 Å². The van der Waals surface area contributed by atoms with Crippen LogP contribution >= 0.6 is 11.3 Å². The quantitative estimate of drug-likeness (QED) is 0.904. The summed E-state index contributed by atoms with van der Waals surface area (Å²) in [5.41, 5.74) is 0.863. The Hall–Kier alpha value is -2.15. The van der Waals surface area contributed by atoms with Crippen LogP contribution in [0.2, 0.25) is 0 Å². The van der Waals surface area contributed by atoms with Gasteiger partial charge in [-0.05, 0) is 42.9 Å². The summed E-state index contributed by atoms with van der Waals surface area (Å²) in [4.78, 5) is 27.6. The number of carbonyl (C=O) groups excluding carboxylic acids is 1. The van der Waals surface area contributed by atoms with Crippen LogP contribution in [0.4, 0.5) is 0 Å². The van der Waals surface area contributed by atoms with Crippen LogP contribution in [0.3, 0.4) is 0 Å². The fraction of sp³-hybridized carbons (Fsp3) is 0.438. The number of H-pyrrole nitrogens is 1. The lowest BCUT2D eigenvalue weighted by Gasteiger charge is -2.23. The molecule has 2 aromatic rings. The number of nitrogens with zero attached hydrogens (tertiary/aromatic N) is 2. The Morgan fingerprint density at radius 2 is 2.17 bits per heavy atom. The molecule has 3 unspecified atom stereocenters. The summed E-state index contributed by atoms with van der Waals surface area (Å²) >= 11 is 1.37. The lowest BCUT2D eigenvalue weighted by atomic mass is 9.94. The van der Waals surface area contributed by atoms with Gasteiger partial charge in [0.1, 0.15) is 6.04 Å². The molecule has 0 bridgehead atoms. The highest BCUT2D eigenvalue weighted by Crippen LogP contribution is 2.43. The normalized spacial score (nSPS) is 26.4. The second-order valence-electron chi connectivity index (χ2n) is 6.23. The first-order valence-electron chi connectivity index (χ1n) is 7.78. The molecule has 4 rings (SSSR count). The van der Waals surface area contributed by atoms with Crippen LogP contribution in [0.25, 0.3) is 10.6 Å². The van der Waals surface area contributed by atoms with Crippen LogP contribution in [-0.4, -0.2) is 44.7 Å². The third-order valence-electron chi connectivity index (χ3n) is 4.99. The van der Waals surface area contributed by atoms with Crippen molar-refractivity contribution in [1.29, 1.82) is 0 Å². The van der Waals surface area contributed by atoms with E-state index in [1.165, 1.54) is 11.3 Å². The SMILES string of the molecule is O=C(O)C1C2CCCC2CN1C(=O)c1ccc(-c2ccn[nH]2)s1. The summed E-state index contributed by atoms with van der Waals surface area (Å²) in [5, 5.41) is 16.4. The van der Waals surface area contributed by atoms with Gasteiger partial charge in [-0.15, -0.1) is 11.3 Å². The molecule has 23 heavy (non-hydrogen) atoms. The summed E-state index contributed by atoms with van der Waals surface area (Å²) in [5.74, 6) is -0.587. The number of likely N-dealkylation sites (tertiary alicyclic amines) is 1. The van der Waals surface area contributed by atoms with E-state index in [9.17, 15) is 14.7 Å². The summed E-state index contributed by atoms with van der Waals surface area (Å²) in [6, 6.07) is 4.82. The van der Waals surface area contributed by atoms with Gasteiger partial charge in [-0.2, -0.15) is 5.10 Å². The Bertz CT molecular complexity index is 740. The topological polar surface area (TPSA) is 86.3 Å². The fourth-order valence-electron chi connectivity index (χ4n) is 3.96. The number of aromatic nitrogens is 2. The molecule has 120 valence electrons. The number of amides is 1. The number of hydrogen-bond donors (Lipinski definition) is 2. The minimum Gasteiger partial charge on any atom is -0.480 e. The number of carboxylic acids is 1. The van der Waals surface area contributed by atoms with Gasteiger partial charge >= 0.3 is 5.97 Å². The molecule has 1 saturated heterocycles. The molecule has 3 heterocycles. The van der Waals surface area contributed by atoms with Crippen molar-refractivity contribution < 1.29 is 14.7 Å². The molecule has 6 nitrogen and oxygen atoms in total.